The van der Waals surface area contributed by atoms with E-state index in [0.717, 1.165) is 28.3 Å². The minimum Gasteiger partial charge on any atom is -0.312 e. The number of benzene rings is 1. The summed E-state index contributed by atoms with van der Waals surface area (Å²) < 4.78 is 1.12. The molecule has 7 heteroatoms. The maximum absolute atomic E-state index is 12.0. The Morgan fingerprint density at radius 2 is 2.38 bits per heavy atom. The molecule has 1 aliphatic rings. The first kappa shape index (κ1) is 16.5. The van der Waals surface area contributed by atoms with E-state index in [0.29, 0.717) is 11.6 Å². The van der Waals surface area contributed by atoms with Gasteiger partial charge in [-0.1, -0.05) is 17.4 Å². The zero-order chi connectivity index (χ0) is 13.9. The number of hydrogen-bond donors (Lipinski definition) is 2. The lowest BCUT2D eigenvalue weighted by atomic mass is 10.2. The number of thiazole rings is 1. The highest BCUT2D eigenvalue weighted by Crippen LogP contribution is 2.26. The number of halogens is 1. The van der Waals surface area contributed by atoms with Crippen molar-refractivity contribution < 1.29 is 4.79 Å². The van der Waals surface area contributed by atoms with Crippen molar-refractivity contribution >= 4 is 56.8 Å². The zero-order valence-electron chi connectivity index (χ0n) is 11.7. The van der Waals surface area contributed by atoms with Crippen LogP contribution in [0.4, 0.5) is 5.13 Å². The number of carbonyl (C=O) groups is 1. The van der Waals surface area contributed by atoms with E-state index < -0.39 is 0 Å². The van der Waals surface area contributed by atoms with Gasteiger partial charge in [-0.2, -0.15) is 11.8 Å². The SMILES string of the molecule is Cc1ccc2nc(NC(=O)CC3CSCCN3)sc2c1.Cl. The molecule has 3 rings (SSSR count). The van der Waals surface area contributed by atoms with Crippen molar-refractivity contribution in [1.29, 1.82) is 0 Å². The molecule has 1 fully saturated rings. The van der Waals surface area contributed by atoms with Crippen LogP contribution in [0.5, 0.6) is 0 Å². The number of carbonyl (C=O) groups excluding carboxylic acids is 1. The van der Waals surface area contributed by atoms with E-state index in [1.54, 1.807) is 0 Å². The highest BCUT2D eigenvalue weighted by atomic mass is 35.5. The maximum atomic E-state index is 12.0. The molecule has 2 heterocycles. The van der Waals surface area contributed by atoms with Crippen molar-refractivity contribution in [2.45, 2.75) is 19.4 Å². The number of nitrogens with one attached hydrogen (secondary N) is 2. The Hall–Kier alpha value is -0.820. The van der Waals surface area contributed by atoms with E-state index in [2.05, 4.69) is 28.6 Å². The van der Waals surface area contributed by atoms with Gasteiger partial charge in [0.1, 0.15) is 0 Å². The van der Waals surface area contributed by atoms with Crippen LogP contribution in [-0.4, -0.2) is 35.0 Å². The fraction of sp³-hybridized carbons (Fsp3) is 0.429. The molecule has 1 unspecified atom stereocenters. The number of aromatic nitrogens is 1. The lowest BCUT2D eigenvalue weighted by Crippen LogP contribution is -2.39. The van der Waals surface area contributed by atoms with E-state index in [1.807, 2.05) is 23.9 Å². The Balaban J connectivity index is 0.00000161. The van der Waals surface area contributed by atoms with Gasteiger partial charge in [-0.3, -0.25) is 4.79 Å². The number of hydrogen-bond acceptors (Lipinski definition) is 5. The van der Waals surface area contributed by atoms with Crippen LogP contribution in [0, 0.1) is 6.92 Å². The molecule has 1 amide bonds. The standard InChI is InChI=1S/C14H17N3OS2.ClH/c1-9-2-3-11-12(6-9)20-14(16-11)17-13(18)7-10-8-19-5-4-15-10;/h2-3,6,10,15H,4-5,7-8H2,1H3,(H,16,17,18);1H. The zero-order valence-corrected chi connectivity index (χ0v) is 14.2. The molecule has 114 valence electrons. The van der Waals surface area contributed by atoms with Gasteiger partial charge in [0.25, 0.3) is 0 Å². The molecule has 1 aromatic carbocycles. The van der Waals surface area contributed by atoms with Gasteiger partial charge in [-0.25, -0.2) is 4.98 Å². The highest BCUT2D eigenvalue weighted by molar-refractivity contribution is 7.99. The van der Waals surface area contributed by atoms with Crippen molar-refractivity contribution in [2.24, 2.45) is 0 Å². The molecule has 0 aliphatic carbocycles. The van der Waals surface area contributed by atoms with Crippen molar-refractivity contribution in [3.8, 4) is 0 Å². The number of fused-ring (bicyclic) bond motifs is 1. The van der Waals surface area contributed by atoms with Crippen LogP contribution in [-0.2, 0) is 4.79 Å². The van der Waals surface area contributed by atoms with Gasteiger partial charge in [0.2, 0.25) is 5.91 Å². The maximum Gasteiger partial charge on any atom is 0.227 e. The third-order valence-corrected chi connectivity index (χ3v) is 5.29. The molecular formula is C14H18ClN3OS2. The van der Waals surface area contributed by atoms with Crippen LogP contribution in [0.3, 0.4) is 0 Å². The number of nitrogens with zero attached hydrogens (tertiary/aromatic N) is 1. The predicted molar refractivity (Wildman–Crippen MR) is 94.0 cm³/mol. The van der Waals surface area contributed by atoms with Crippen LogP contribution >= 0.6 is 35.5 Å². The largest absolute Gasteiger partial charge is 0.312 e. The first-order valence-corrected chi connectivity index (χ1v) is 8.66. The summed E-state index contributed by atoms with van der Waals surface area (Å²) in [6.07, 6.45) is 0.516. The quantitative estimate of drug-likeness (QED) is 0.899. The lowest BCUT2D eigenvalue weighted by molar-refractivity contribution is -0.116. The second-order valence-electron chi connectivity index (χ2n) is 4.97. The number of amides is 1. The van der Waals surface area contributed by atoms with Crippen molar-refractivity contribution in [3.05, 3.63) is 23.8 Å². The van der Waals surface area contributed by atoms with Gasteiger partial charge in [0.05, 0.1) is 10.2 Å². The second kappa shape index (κ2) is 7.45. The summed E-state index contributed by atoms with van der Waals surface area (Å²) in [5.74, 6) is 2.18. The monoisotopic (exact) mass is 343 g/mol. The van der Waals surface area contributed by atoms with Gasteiger partial charge < -0.3 is 10.6 Å². The predicted octanol–water partition coefficient (Wildman–Crippen LogP) is 3.06. The third-order valence-electron chi connectivity index (χ3n) is 3.22. The van der Waals surface area contributed by atoms with Gasteiger partial charge in [0.15, 0.2) is 5.13 Å². The number of anilines is 1. The Labute approximate surface area is 138 Å². The topological polar surface area (TPSA) is 54.0 Å². The van der Waals surface area contributed by atoms with E-state index in [4.69, 9.17) is 0 Å². The van der Waals surface area contributed by atoms with Crippen LogP contribution in [0.1, 0.15) is 12.0 Å². The molecule has 0 spiro atoms. The minimum atomic E-state index is 0. The average molecular weight is 344 g/mol. The van der Waals surface area contributed by atoms with Crippen molar-refractivity contribution in [2.75, 3.05) is 23.4 Å². The summed E-state index contributed by atoms with van der Waals surface area (Å²) in [6.45, 7) is 3.05. The summed E-state index contributed by atoms with van der Waals surface area (Å²) in [4.78, 5) is 16.5. The summed E-state index contributed by atoms with van der Waals surface area (Å²) in [6, 6.07) is 6.42. The summed E-state index contributed by atoms with van der Waals surface area (Å²) in [5, 5.41) is 6.98. The highest BCUT2D eigenvalue weighted by Gasteiger charge is 2.17. The molecule has 0 radical (unpaired) electrons. The van der Waals surface area contributed by atoms with Crippen LogP contribution in [0.15, 0.2) is 18.2 Å². The normalized spacial score (nSPS) is 18.2. The van der Waals surface area contributed by atoms with Gasteiger partial charge in [-0.05, 0) is 24.6 Å². The van der Waals surface area contributed by atoms with Crippen LogP contribution in [0.25, 0.3) is 10.2 Å². The fourth-order valence-electron chi connectivity index (χ4n) is 2.23. The van der Waals surface area contributed by atoms with Crippen molar-refractivity contribution in [3.63, 3.8) is 0 Å². The number of rotatable bonds is 3. The Morgan fingerprint density at radius 3 is 3.14 bits per heavy atom. The molecule has 1 atom stereocenters. The first-order valence-electron chi connectivity index (χ1n) is 6.69. The summed E-state index contributed by atoms with van der Waals surface area (Å²) in [5.41, 5.74) is 2.16. The molecule has 2 N–H and O–H groups in total. The van der Waals surface area contributed by atoms with Gasteiger partial charge in [-0.15, -0.1) is 12.4 Å². The Kier molecular flexibility index (Phi) is 5.87. The molecule has 1 aromatic heterocycles. The molecule has 21 heavy (non-hydrogen) atoms. The van der Waals surface area contributed by atoms with Gasteiger partial charge in [0, 0.05) is 30.5 Å². The van der Waals surface area contributed by atoms with Crippen LogP contribution < -0.4 is 10.6 Å². The molecule has 0 bridgehead atoms. The fourth-order valence-corrected chi connectivity index (χ4v) is 4.16. The third kappa shape index (κ3) is 4.32. The van der Waals surface area contributed by atoms with Crippen molar-refractivity contribution in [1.82, 2.24) is 10.3 Å². The minimum absolute atomic E-state index is 0. The van der Waals surface area contributed by atoms with E-state index in [1.165, 1.54) is 16.9 Å². The molecule has 0 saturated carbocycles. The second-order valence-corrected chi connectivity index (χ2v) is 7.15. The van der Waals surface area contributed by atoms with E-state index >= 15 is 0 Å². The first-order chi connectivity index (χ1) is 9.70. The molecular weight excluding hydrogens is 326 g/mol. The van der Waals surface area contributed by atoms with E-state index in [-0.39, 0.29) is 24.4 Å². The Bertz CT molecular complexity index is 626. The molecule has 1 saturated heterocycles. The van der Waals surface area contributed by atoms with E-state index in [9.17, 15) is 4.79 Å². The molecule has 4 nitrogen and oxygen atoms in total. The smallest absolute Gasteiger partial charge is 0.227 e. The number of aryl methyl sites for hydroxylation is 1. The number of thioether (sulfide) groups is 1. The molecule has 1 aliphatic heterocycles. The molecule has 2 aromatic rings. The van der Waals surface area contributed by atoms with Crippen LogP contribution in [0.2, 0.25) is 0 Å². The summed E-state index contributed by atoms with van der Waals surface area (Å²) in [7, 11) is 0. The average Bonchev–Trinajstić information content (AvgIpc) is 2.80. The summed E-state index contributed by atoms with van der Waals surface area (Å²) >= 11 is 3.43. The van der Waals surface area contributed by atoms with Gasteiger partial charge >= 0.3 is 0 Å². The lowest BCUT2D eigenvalue weighted by Gasteiger charge is -2.22. The Morgan fingerprint density at radius 1 is 1.52 bits per heavy atom.